The lowest BCUT2D eigenvalue weighted by Crippen LogP contribution is -2.10. The molecule has 3 heteroatoms. The maximum Gasteiger partial charge on any atom is 0.0898 e. The Balaban J connectivity index is 2.47. The van der Waals surface area contributed by atoms with Crippen molar-refractivity contribution in [1.29, 1.82) is 0 Å². The van der Waals surface area contributed by atoms with Gasteiger partial charge in [-0.1, -0.05) is 19.8 Å². The average Bonchev–Trinajstić information content (AvgIpc) is 2.47. The molecule has 1 unspecified atom stereocenters. The third kappa shape index (κ3) is 2.57. The molecule has 0 aromatic carbocycles. The zero-order valence-electron chi connectivity index (χ0n) is 7.71. The first-order valence-corrected chi connectivity index (χ1v) is 5.29. The van der Waals surface area contributed by atoms with Gasteiger partial charge in [-0.25, -0.2) is 4.98 Å². The first-order chi connectivity index (χ1) is 5.74. The van der Waals surface area contributed by atoms with Gasteiger partial charge in [-0.3, -0.25) is 0 Å². The van der Waals surface area contributed by atoms with Gasteiger partial charge in [0.1, 0.15) is 0 Å². The van der Waals surface area contributed by atoms with E-state index in [0.717, 1.165) is 17.1 Å². The number of unbranched alkanes of at least 4 members (excludes halogenated alkanes) is 1. The lowest BCUT2D eigenvalue weighted by molar-refractivity contribution is 0.592. The molecule has 0 spiro atoms. The predicted molar refractivity (Wildman–Crippen MR) is 53.3 cm³/mol. The van der Waals surface area contributed by atoms with Crippen molar-refractivity contribution in [2.24, 2.45) is 5.73 Å². The Hall–Kier alpha value is -0.410. The first-order valence-electron chi connectivity index (χ1n) is 4.41. The average molecular weight is 184 g/mol. The molecule has 12 heavy (non-hydrogen) atoms. The smallest absolute Gasteiger partial charge is 0.0898 e. The fourth-order valence-electron chi connectivity index (χ4n) is 1.12. The van der Waals surface area contributed by atoms with E-state index in [0.29, 0.717) is 0 Å². The number of hydrogen-bond acceptors (Lipinski definition) is 3. The van der Waals surface area contributed by atoms with Crippen LogP contribution in [0.5, 0.6) is 0 Å². The molecule has 68 valence electrons. The highest BCUT2D eigenvalue weighted by atomic mass is 32.1. The van der Waals surface area contributed by atoms with Crippen LogP contribution in [0.4, 0.5) is 0 Å². The van der Waals surface area contributed by atoms with Gasteiger partial charge in [0.2, 0.25) is 0 Å². The van der Waals surface area contributed by atoms with Crippen LogP contribution >= 0.6 is 11.3 Å². The summed E-state index contributed by atoms with van der Waals surface area (Å²) in [5, 5.41) is 3.17. The number of hydrogen-bond donors (Lipinski definition) is 1. The molecule has 1 aromatic rings. The van der Waals surface area contributed by atoms with Crippen LogP contribution in [0.3, 0.4) is 0 Å². The largest absolute Gasteiger partial charge is 0.323 e. The Bertz CT molecular complexity index is 232. The second-order valence-electron chi connectivity index (χ2n) is 3.04. The molecule has 2 nitrogen and oxygen atoms in total. The summed E-state index contributed by atoms with van der Waals surface area (Å²) in [7, 11) is 0. The minimum atomic E-state index is 0.148. The summed E-state index contributed by atoms with van der Waals surface area (Å²) in [6, 6.07) is 0.148. The Morgan fingerprint density at radius 3 is 2.92 bits per heavy atom. The van der Waals surface area contributed by atoms with Crippen molar-refractivity contribution in [3.05, 3.63) is 16.1 Å². The van der Waals surface area contributed by atoms with Crippen molar-refractivity contribution in [3.8, 4) is 0 Å². The van der Waals surface area contributed by atoms with Crippen molar-refractivity contribution in [2.45, 2.75) is 39.2 Å². The lowest BCUT2D eigenvalue weighted by Gasteiger charge is -2.06. The first kappa shape index (κ1) is 9.68. The molecule has 0 amide bonds. The second-order valence-corrected chi connectivity index (χ2v) is 4.10. The summed E-state index contributed by atoms with van der Waals surface area (Å²) in [5.41, 5.74) is 7.00. The van der Waals surface area contributed by atoms with Crippen LogP contribution in [0.1, 0.15) is 42.9 Å². The molecule has 1 rings (SSSR count). The molecule has 1 atom stereocenters. The molecule has 0 radical (unpaired) electrons. The van der Waals surface area contributed by atoms with Crippen LogP contribution < -0.4 is 5.73 Å². The van der Waals surface area contributed by atoms with E-state index in [2.05, 4.69) is 17.3 Å². The molecule has 1 heterocycles. The molecular weight excluding hydrogens is 168 g/mol. The standard InChI is InChI=1S/C9H16N2S/c1-3-4-5-8(10)9-6-12-7(2)11-9/h6,8H,3-5,10H2,1-2H3. The van der Waals surface area contributed by atoms with Gasteiger partial charge in [-0.05, 0) is 13.3 Å². The van der Waals surface area contributed by atoms with E-state index in [1.165, 1.54) is 12.8 Å². The van der Waals surface area contributed by atoms with E-state index in [9.17, 15) is 0 Å². The Morgan fingerprint density at radius 2 is 2.42 bits per heavy atom. The molecular formula is C9H16N2S. The summed E-state index contributed by atoms with van der Waals surface area (Å²) >= 11 is 1.68. The summed E-state index contributed by atoms with van der Waals surface area (Å²) in [6.07, 6.45) is 3.45. The van der Waals surface area contributed by atoms with E-state index >= 15 is 0 Å². The van der Waals surface area contributed by atoms with Crippen LogP contribution in [-0.4, -0.2) is 4.98 Å². The van der Waals surface area contributed by atoms with E-state index in [-0.39, 0.29) is 6.04 Å². The highest BCUT2D eigenvalue weighted by Gasteiger charge is 2.07. The lowest BCUT2D eigenvalue weighted by atomic mass is 10.1. The van der Waals surface area contributed by atoms with Gasteiger partial charge in [0, 0.05) is 11.4 Å². The van der Waals surface area contributed by atoms with E-state index < -0.39 is 0 Å². The monoisotopic (exact) mass is 184 g/mol. The van der Waals surface area contributed by atoms with Gasteiger partial charge in [0.15, 0.2) is 0 Å². The van der Waals surface area contributed by atoms with Crippen LogP contribution in [0.2, 0.25) is 0 Å². The fourth-order valence-corrected chi connectivity index (χ4v) is 1.80. The topological polar surface area (TPSA) is 38.9 Å². The van der Waals surface area contributed by atoms with Crippen LogP contribution in [0, 0.1) is 6.92 Å². The second kappa shape index (κ2) is 4.58. The Labute approximate surface area is 77.8 Å². The van der Waals surface area contributed by atoms with Gasteiger partial charge in [-0.15, -0.1) is 11.3 Å². The van der Waals surface area contributed by atoms with Crippen molar-refractivity contribution in [1.82, 2.24) is 4.98 Å². The number of rotatable bonds is 4. The van der Waals surface area contributed by atoms with Gasteiger partial charge in [0.25, 0.3) is 0 Å². The molecule has 0 fully saturated rings. The molecule has 0 aliphatic rings. The number of aromatic nitrogens is 1. The molecule has 0 aliphatic heterocycles. The molecule has 1 aromatic heterocycles. The van der Waals surface area contributed by atoms with Gasteiger partial charge in [-0.2, -0.15) is 0 Å². The zero-order valence-corrected chi connectivity index (χ0v) is 8.53. The summed E-state index contributed by atoms with van der Waals surface area (Å²) in [6.45, 7) is 4.19. The SMILES string of the molecule is CCCCC(N)c1csc(C)n1. The maximum atomic E-state index is 5.94. The number of nitrogens with two attached hydrogens (primary N) is 1. The summed E-state index contributed by atoms with van der Waals surface area (Å²) < 4.78 is 0. The van der Waals surface area contributed by atoms with Crippen LogP contribution in [0.25, 0.3) is 0 Å². The molecule has 0 bridgehead atoms. The number of thiazole rings is 1. The summed E-state index contributed by atoms with van der Waals surface area (Å²) in [4.78, 5) is 4.36. The maximum absolute atomic E-state index is 5.94. The number of nitrogens with zero attached hydrogens (tertiary/aromatic N) is 1. The molecule has 2 N–H and O–H groups in total. The fraction of sp³-hybridized carbons (Fsp3) is 0.667. The van der Waals surface area contributed by atoms with E-state index in [4.69, 9.17) is 5.73 Å². The van der Waals surface area contributed by atoms with Crippen LogP contribution in [-0.2, 0) is 0 Å². The minimum Gasteiger partial charge on any atom is -0.323 e. The molecule has 0 aliphatic carbocycles. The number of aryl methyl sites for hydroxylation is 1. The van der Waals surface area contributed by atoms with Crippen LogP contribution in [0.15, 0.2) is 5.38 Å². The van der Waals surface area contributed by atoms with Crippen molar-refractivity contribution in [2.75, 3.05) is 0 Å². The predicted octanol–water partition coefficient (Wildman–Crippen LogP) is 2.64. The molecule has 0 saturated heterocycles. The summed E-state index contributed by atoms with van der Waals surface area (Å²) in [5.74, 6) is 0. The third-order valence-electron chi connectivity index (χ3n) is 1.89. The van der Waals surface area contributed by atoms with E-state index in [1.807, 2.05) is 6.92 Å². The molecule has 0 saturated carbocycles. The normalized spacial score (nSPS) is 13.2. The van der Waals surface area contributed by atoms with Gasteiger partial charge in [0.05, 0.1) is 10.7 Å². The van der Waals surface area contributed by atoms with Gasteiger partial charge < -0.3 is 5.73 Å². The van der Waals surface area contributed by atoms with Crippen molar-refractivity contribution in [3.63, 3.8) is 0 Å². The van der Waals surface area contributed by atoms with Crippen molar-refractivity contribution >= 4 is 11.3 Å². The third-order valence-corrected chi connectivity index (χ3v) is 2.68. The highest BCUT2D eigenvalue weighted by Crippen LogP contribution is 2.18. The minimum absolute atomic E-state index is 0.148. The Kier molecular flexibility index (Phi) is 3.69. The zero-order chi connectivity index (χ0) is 8.97. The van der Waals surface area contributed by atoms with Gasteiger partial charge >= 0.3 is 0 Å². The van der Waals surface area contributed by atoms with Crippen molar-refractivity contribution < 1.29 is 0 Å². The Morgan fingerprint density at radius 1 is 1.67 bits per heavy atom. The highest BCUT2D eigenvalue weighted by molar-refractivity contribution is 7.09. The quantitative estimate of drug-likeness (QED) is 0.781. The van der Waals surface area contributed by atoms with E-state index in [1.54, 1.807) is 11.3 Å².